The van der Waals surface area contributed by atoms with Crippen LogP contribution in [0, 0.1) is 12.8 Å². The molecule has 0 heterocycles. The van der Waals surface area contributed by atoms with E-state index in [0.717, 1.165) is 6.42 Å². The first kappa shape index (κ1) is 9.25. The molecule has 1 aliphatic rings. The molecule has 74 valence electrons. The fourth-order valence-corrected chi connectivity index (χ4v) is 2.01. The molecule has 0 aromatic heterocycles. The smallest absolute Gasteiger partial charge is 0.303 e. The maximum Gasteiger partial charge on any atom is 0.303 e. The topological polar surface area (TPSA) is 37.3 Å². The Bertz CT molecular complexity index is 357. The van der Waals surface area contributed by atoms with Gasteiger partial charge in [-0.05, 0) is 30.7 Å². The average Bonchev–Trinajstić information content (AvgIpc) is 2.82. The minimum absolute atomic E-state index is 0.318. The summed E-state index contributed by atoms with van der Waals surface area (Å²) in [6.07, 6.45) is 1.36. The molecule has 1 saturated carbocycles. The SMILES string of the molecule is Cc1cccc([C@H]2C[C@@H]2CC(=O)O)c1. The van der Waals surface area contributed by atoms with Crippen molar-refractivity contribution in [2.45, 2.75) is 25.7 Å². The maximum absolute atomic E-state index is 10.5. The van der Waals surface area contributed by atoms with Crippen LogP contribution in [0.5, 0.6) is 0 Å². The van der Waals surface area contributed by atoms with Crippen LogP contribution in [0.25, 0.3) is 0 Å². The van der Waals surface area contributed by atoms with E-state index in [4.69, 9.17) is 5.11 Å². The van der Waals surface area contributed by atoms with Gasteiger partial charge >= 0.3 is 5.97 Å². The summed E-state index contributed by atoms with van der Waals surface area (Å²) >= 11 is 0. The van der Waals surface area contributed by atoms with Gasteiger partial charge in [-0.3, -0.25) is 4.79 Å². The van der Waals surface area contributed by atoms with Crippen LogP contribution < -0.4 is 0 Å². The quantitative estimate of drug-likeness (QED) is 0.795. The summed E-state index contributed by atoms with van der Waals surface area (Å²) in [5.41, 5.74) is 2.56. The van der Waals surface area contributed by atoms with E-state index < -0.39 is 5.97 Å². The number of hydrogen-bond acceptors (Lipinski definition) is 1. The summed E-state index contributed by atoms with van der Waals surface area (Å²) in [4.78, 5) is 10.5. The lowest BCUT2D eigenvalue weighted by molar-refractivity contribution is -0.137. The molecule has 2 heteroatoms. The van der Waals surface area contributed by atoms with Crippen molar-refractivity contribution in [3.8, 4) is 0 Å². The second kappa shape index (κ2) is 3.45. The molecule has 0 saturated heterocycles. The van der Waals surface area contributed by atoms with Crippen LogP contribution in [0.15, 0.2) is 24.3 Å². The van der Waals surface area contributed by atoms with Gasteiger partial charge in [0.2, 0.25) is 0 Å². The third-order valence-electron chi connectivity index (χ3n) is 2.83. The Morgan fingerprint density at radius 1 is 1.57 bits per heavy atom. The van der Waals surface area contributed by atoms with Crippen LogP contribution in [-0.2, 0) is 4.79 Å². The van der Waals surface area contributed by atoms with Crippen molar-refractivity contribution in [3.05, 3.63) is 35.4 Å². The molecule has 1 aromatic rings. The first-order valence-corrected chi connectivity index (χ1v) is 4.95. The standard InChI is InChI=1S/C12H14O2/c1-8-3-2-4-9(5-8)11-6-10(11)7-12(13)14/h2-5,10-11H,6-7H2,1H3,(H,13,14)/t10-,11-/m1/s1. The molecule has 0 amide bonds. The van der Waals surface area contributed by atoms with Crippen LogP contribution in [0.3, 0.4) is 0 Å². The highest BCUT2D eigenvalue weighted by atomic mass is 16.4. The molecule has 1 N–H and O–H groups in total. The van der Waals surface area contributed by atoms with E-state index in [-0.39, 0.29) is 0 Å². The van der Waals surface area contributed by atoms with Gasteiger partial charge in [0, 0.05) is 6.42 Å². The number of rotatable bonds is 3. The Kier molecular flexibility index (Phi) is 2.28. The molecule has 1 fully saturated rings. The van der Waals surface area contributed by atoms with Gasteiger partial charge < -0.3 is 5.11 Å². The second-order valence-corrected chi connectivity index (χ2v) is 4.11. The predicted molar refractivity (Wildman–Crippen MR) is 54.3 cm³/mol. The zero-order chi connectivity index (χ0) is 10.1. The van der Waals surface area contributed by atoms with Gasteiger partial charge in [-0.25, -0.2) is 0 Å². The Balaban J connectivity index is 2.02. The highest BCUT2D eigenvalue weighted by Crippen LogP contribution is 2.49. The predicted octanol–water partition coefficient (Wildman–Crippen LogP) is 2.57. The first-order chi connectivity index (χ1) is 6.66. The third kappa shape index (κ3) is 1.95. The van der Waals surface area contributed by atoms with Gasteiger partial charge in [-0.15, -0.1) is 0 Å². The Morgan fingerprint density at radius 3 is 3.00 bits per heavy atom. The van der Waals surface area contributed by atoms with Gasteiger partial charge in [-0.1, -0.05) is 29.8 Å². The van der Waals surface area contributed by atoms with Crippen LogP contribution in [-0.4, -0.2) is 11.1 Å². The van der Waals surface area contributed by atoms with Crippen molar-refractivity contribution in [2.24, 2.45) is 5.92 Å². The summed E-state index contributed by atoms with van der Waals surface area (Å²) in [6, 6.07) is 8.37. The van der Waals surface area contributed by atoms with Crippen LogP contribution in [0.1, 0.15) is 29.9 Å². The van der Waals surface area contributed by atoms with E-state index in [1.807, 2.05) is 6.07 Å². The molecule has 0 spiro atoms. The lowest BCUT2D eigenvalue weighted by Crippen LogP contribution is -1.96. The molecule has 1 aromatic carbocycles. The highest BCUT2D eigenvalue weighted by molar-refractivity contribution is 5.67. The van der Waals surface area contributed by atoms with Crippen molar-refractivity contribution < 1.29 is 9.90 Å². The van der Waals surface area contributed by atoms with E-state index in [1.54, 1.807) is 0 Å². The lowest BCUT2D eigenvalue weighted by Gasteiger charge is -2.00. The van der Waals surface area contributed by atoms with E-state index in [1.165, 1.54) is 11.1 Å². The van der Waals surface area contributed by atoms with Crippen molar-refractivity contribution >= 4 is 5.97 Å². The van der Waals surface area contributed by atoms with Gasteiger partial charge in [0.15, 0.2) is 0 Å². The maximum atomic E-state index is 10.5. The third-order valence-corrected chi connectivity index (χ3v) is 2.83. The van der Waals surface area contributed by atoms with E-state index >= 15 is 0 Å². The summed E-state index contributed by atoms with van der Waals surface area (Å²) in [7, 11) is 0. The molecule has 0 radical (unpaired) electrons. The molecular formula is C12H14O2. The first-order valence-electron chi connectivity index (χ1n) is 4.95. The summed E-state index contributed by atoms with van der Waals surface area (Å²) in [6.45, 7) is 2.07. The number of carboxylic acids is 1. The average molecular weight is 190 g/mol. The van der Waals surface area contributed by atoms with Gasteiger partial charge in [0.1, 0.15) is 0 Å². The summed E-state index contributed by atoms with van der Waals surface area (Å²) in [5, 5.41) is 8.64. The largest absolute Gasteiger partial charge is 0.481 e. The zero-order valence-corrected chi connectivity index (χ0v) is 8.23. The molecule has 14 heavy (non-hydrogen) atoms. The highest BCUT2D eigenvalue weighted by Gasteiger charge is 2.39. The van der Waals surface area contributed by atoms with Gasteiger partial charge in [-0.2, -0.15) is 0 Å². The number of hydrogen-bond donors (Lipinski definition) is 1. The molecule has 0 unspecified atom stereocenters. The van der Waals surface area contributed by atoms with Crippen LogP contribution in [0.2, 0.25) is 0 Å². The van der Waals surface area contributed by atoms with Crippen molar-refractivity contribution in [2.75, 3.05) is 0 Å². The van der Waals surface area contributed by atoms with E-state index in [9.17, 15) is 4.79 Å². The summed E-state index contributed by atoms with van der Waals surface area (Å²) in [5.74, 6) is 0.186. The number of aliphatic carboxylic acids is 1. The molecule has 2 nitrogen and oxygen atoms in total. The molecule has 0 aliphatic heterocycles. The van der Waals surface area contributed by atoms with E-state index in [0.29, 0.717) is 18.3 Å². The molecule has 1 aliphatic carbocycles. The molecule has 0 bridgehead atoms. The Hall–Kier alpha value is -1.31. The fraction of sp³-hybridized carbons (Fsp3) is 0.417. The van der Waals surface area contributed by atoms with Crippen molar-refractivity contribution in [1.29, 1.82) is 0 Å². The van der Waals surface area contributed by atoms with Gasteiger partial charge in [0.25, 0.3) is 0 Å². The number of carboxylic acid groups (broad SMARTS) is 1. The normalized spacial score (nSPS) is 24.6. The van der Waals surface area contributed by atoms with Crippen molar-refractivity contribution in [3.63, 3.8) is 0 Å². The lowest BCUT2D eigenvalue weighted by atomic mass is 10.1. The van der Waals surface area contributed by atoms with Crippen molar-refractivity contribution in [1.82, 2.24) is 0 Å². The Morgan fingerprint density at radius 2 is 2.36 bits per heavy atom. The number of benzene rings is 1. The van der Waals surface area contributed by atoms with Gasteiger partial charge in [0.05, 0.1) is 0 Å². The van der Waals surface area contributed by atoms with Crippen LogP contribution in [0.4, 0.5) is 0 Å². The number of carbonyl (C=O) groups is 1. The zero-order valence-electron chi connectivity index (χ0n) is 8.23. The Labute approximate surface area is 83.6 Å². The van der Waals surface area contributed by atoms with Crippen LogP contribution >= 0.6 is 0 Å². The molecule has 2 rings (SSSR count). The van der Waals surface area contributed by atoms with E-state index in [2.05, 4.69) is 25.1 Å². The fourth-order valence-electron chi connectivity index (χ4n) is 2.01. The molecule has 2 atom stereocenters. The minimum Gasteiger partial charge on any atom is -0.481 e. The number of aryl methyl sites for hydroxylation is 1. The monoisotopic (exact) mass is 190 g/mol. The molecular weight excluding hydrogens is 176 g/mol. The minimum atomic E-state index is -0.676. The second-order valence-electron chi connectivity index (χ2n) is 4.11. The summed E-state index contributed by atoms with van der Waals surface area (Å²) < 4.78 is 0.